The van der Waals surface area contributed by atoms with E-state index < -0.39 is 31.1 Å². The summed E-state index contributed by atoms with van der Waals surface area (Å²) in [5.74, 6) is 0. The van der Waals surface area contributed by atoms with E-state index in [2.05, 4.69) is 34.8 Å². The van der Waals surface area contributed by atoms with Gasteiger partial charge in [-0.15, -0.1) is 0 Å². The van der Waals surface area contributed by atoms with Crippen LogP contribution in [0.5, 0.6) is 0 Å². The van der Waals surface area contributed by atoms with Crippen molar-refractivity contribution in [3.63, 3.8) is 0 Å². The highest BCUT2D eigenvalue weighted by atomic mass is 32.3. The number of aromatic nitrogens is 2. The average molecular weight is 461 g/mol. The van der Waals surface area contributed by atoms with E-state index in [4.69, 9.17) is 4.74 Å². The summed E-state index contributed by atoms with van der Waals surface area (Å²) >= 11 is 0. The van der Waals surface area contributed by atoms with Crippen molar-refractivity contribution < 1.29 is 52.5 Å². The molecule has 0 bridgehead atoms. The first kappa shape index (κ1) is 24.6. The third-order valence-electron chi connectivity index (χ3n) is 3.11. The second kappa shape index (κ2) is 8.96. The monoisotopic (exact) mass is 461 g/mol. The summed E-state index contributed by atoms with van der Waals surface area (Å²) in [5.41, 5.74) is -12.4. The van der Waals surface area contributed by atoms with Gasteiger partial charge >= 0.3 is 11.0 Å². The summed E-state index contributed by atoms with van der Waals surface area (Å²) in [6, 6.07) is 0. The van der Waals surface area contributed by atoms with Crippen molar-refractivity contribution in [2.24, 2.45) is 0 Å². The molecule has 0 aromatic carbocycles. The number of nitrogens with zero attached hydrogens (tertiary/aromatic N) is 3. The Kier molecular flexibility index (Phi) is 7.89. The average Bonchev–Trinajstić information content (AvgIpc) is 3.19. The largest absolute Gasteiger partial charge is 0.480 e. The van der Waals surface area contributed by atoms with Crippen molar-refractivity contribution in [1.82, 2.24) is 4.57 Å². The van der Waals surface area contributed by atoms with E-state index in [0.717, 1.165) is 23.8 Å². The molecule has 0 amide bonds. The van der Waals surface area contributed by atoms with Gasteiger partial charge in [0, 0.05) is 0 Å². The zero-order valence-electron chi connectivity index (χ0n) is 14.3. The maximum absolute atomic E-state index is 11.4. The summed E-state index contributed by atoms with van der Waals surface area (Å²) < 4.78 is 119. The Morgan fingerprint density at radius 1 is 1.11 bits per heavy atom. The van der Waals surface area contributed by atoms with Crippen molar-refractivity contribution in [2.75, 3.05) is 6.61 Å². The van der Waals surface area contributed by atoms with Gasteiger partial charge < -0.3 is 8.86 Å². The highest BCUT2D eigenvalue weighted by Crippen LogP contribution is 2.36. The number of alkyl halides is 6. The highest BCUT2D eigenvalue weighted by Gasteiger charge is 2.46. The quantitative estimate of drug-likeness (QED) is 0.351. The number of rotatable bonds is 7. The van der Waals surface area contributed by atoms with Crippen LogP contribution in [0, 0.1) is 0 Å². The van der Waals surface area contributed by atoms with Crippen LogP contribution in [0.3, 0.4) is 0 Å². The number of unbranched alkanes of at least 4 members (excludes halogenated alkanes) is 1. The Hall–Kier alpha value is -1.39. The van der Waals surface area contributed by atoms with Crippen LogP contribution in [0.25, 0.3) is 4.13 Å². The van der Waals surface area contributed by atoms with Crippen molar-refractivity contribution >= 4 is 20.0 Å². The lowest BCUT2D eigenvalue weighted by Gasteiger charge is -2.22. The molecule has 1 aromatic rings. The number of hydrogen-bond donors (Lipinski definition) is 0. The molecule has 164 valence electrons. The Morgan fingerprint density at radius 3 is 2.00 bits per heavy atom. The number of halogens is 6. The van der Waals surface area contributed by atoms with E-state index in [0.29, 0.717) is 6.10 Å². The first-order chi connectivity index (χ1) is 12.6. The molecule has 1 aliphatic rings. The van der Waals surface area contributed by atoms with Crippen molar-refractivity contribution in [2.45, 2.75) is 50.0 Å². The molecule has 1 aromatic heterocycles. The van der Waals surface area contributed by atoms with E-state index in [9.17, 15) is 43.2 Å². The number of aryl methyl sites for hydroxylation is 1. The van der Waals surface area contributed by atoms with Crippen molar-refractivity contribution in [1.29, 1.82) is 0 Å². The molecule has 2 rings (SSSR count). The summed E-state index contributed by atoms with van der Waals surface area (Å²) in [4.78, 5) is 0. The summed E-state index contributed by atoms with van der Waals surface area (Å²) in [6.07, 6.45) is 9.41. The van der Waals surface area contributed by atoms with Gasteiger partial charge in [-0.3, -0.25) is 0 Å². The van der Waals surface area contributed by atoms with Crippen LogP contribution in [0.4, 0.5) is 26.3 Å². The van der Waals surface area contributed by atoms with Crippen LogP contribution < -0.4 is 4.57 Å². The standard InChI is InChI=1S/C10H17N2O.C2F6NO4S2/c1-2-3-4-11-5-6-12(9-11)7-10-8-13-10;3-1(4,5)14(10,11)9-15(12,13)2(6,7)8/h5-6,9-10H,2-4,7-8H2,1H3;/q+1;-1. The highest BCUT2D eigenvalue weighted by molar-refractivity contribution is 8.13. The Labute approximate surface area is 157 Å². The Balaban J connectivity index is 0.000000281. The van der Waals surface area contributed by atoms with Gasteiger partial charge in [-0.25, -0.2) is 26.0 Å². The van der Waals surface area contributed by atoms with Crippen LogP contribution >= 0.6 is 0 Å². The zero-order chi connectivity index (χ0) is 21.8. The normalized spacial score (nSPS) is 17.8. The van der Waals surface area contributed by atoms with Gasteiger partial charge in [0.15, 0.2) is 20.0 Å². The molecule has 0 N–H and O–H groups in total. The maximum Gasteiger partial charge on any atom is 0.480 e. The van der Waals surface area contributed by atoms with Crippen LogP contribution in [0.15, 0.2) is 18.7 Å². The number of ether oxygens (including phenoxy) is 1. The molecule has 1 saturated heterocycles. The smallest absolute Gasteiger partial charge is 0.421 e. The van der Waals surface area contributed by atoms with E-state index >= 15 is 0 Å². The van der Waals surface area contributed by atoms with E-state index in [1.54, 1.807) is 0 Å². The van der Waals surface area contributed by atoms with Gasteiger partial charge in [-0.05, 0) is 6.42 Å². The first-order valence-electron chi connectivity index (χ1n) is 7.62. The molecule has 16 heteroatoms. The first-order valence-corrected chi connectivity index (χ1v) is 10.5. The second-order valence-corrected chi connectivity index (χ2v) is 9.00. The lowest BCUT2D eigenvalue weighted by molar-refractivity contribution is -0.697. The lowest BCUT2D eigenvalue weighted by Crippen LogP contribution is -2.33. The lowest BCUT2D eigenvalue weighted by atomic mass is 10.3. The SMILES string of the molecule is CCCCn1cc[n+](CC2CO2)c1.O=S(=O)([N-]S(=O)(=O)C(F)(F)F)C(F)(F)F. The molecule has 1 atom stereocenters. The van der Waals surface area contributed by atoms with Crippen LogP contribution in [0.1, 0.15) is 19.8 Å². The summed E-state index contributed by atoms with van der Waals surface area (Å²) in [7, 11) is -13.4. The predicted octanol–water partition coefficient (Wildman–Crippen LogP) is 2.03. The molecule has 0 radical (unpaired) electrons. The zero-order valence-corrected chi connectivity index (χ0v) is 15.9. The number of sulfonamides is 2. The number of hydrogen-bond acceptors (Lipinski definition) is 5. The molecule has 0 spiro atoms. The molecule has 28 heavy (non-hydrogen) atoms. The van der Waals surface area contributed by atoms with Gasteiger partial charge in [-0.2, -0.15) is 26.3 Å². The minimum Gasteiger partial charge on any atom is -0.421 e. The predicted molar refractivity (Wildman–Crippen MR) is 82.6 cm³/mol. The fourth-order valence-electron chi connectivity index (χ4n) is 1.64. The fraction of sp³-hybridized carbons (Fsp3) is 0.750. The van der Waals surface area contributed by atoms with Gasteiger partial charge in [-0.1, -0.05) is 13.3 Å². The Morgan fingerprint density at radius 2 is 1.61 bits per heavy atom. The van der Waals surface area contributed by atoms with Crippen LogP contribution in [-0.2, 0) is 37.9 Å². The molecule has 2 heterocycles. The van der Waals surface area contributed by atoms with E-state index in [1.165, 1.54) is 12.8 Å². The molecule has 0 saturated carbocycles. The molecule has 1 unspecified atom stereocenters. The molecular weight excluding hydrogens is 444 g/mol. The van der Waals surface area contributed by atoms with E-state index in [-0.39, 0.29) is 0 Å². The third kappa shape index (κ3) is 7.56. The van der Waals surface area contributed by atoms with Gasteiger partial charge in [0.2, 0.25) is 6.33 Å². The minimum absolute atomic E-state index is 0.479. The minimum atomic E-state index is -6.72. The molecule has 1 fully saturated rings. The second-order valence-electron chi connectivity index (χ2n) is 5.57. The number of imidazole rings is 1. The Bertz CT molecular complexity index is 802. The molecule has 0 aliphatic carbocycles. The van der Waals surface area contributed by atoms with Gasteiger partial charge in [0.25, 0.3) is 0 Å². The molecule has 1 aliphatic heterocycles. The summed E-state index contributed by atoms with van der Waals surface area (Å²) in [5, 5.41) is 0. The summed E-state index contributed by atoms with van der Waals surface area (Å²) in [6.45, 7) is 5.30. The van der Waals surface area contributed by atoms with Crippen LogP contribution in [-0.4, -0.2) is 45.1 Å². The van der Waals surface area contributed by atoms with Crippen molar-refractivity contribution in [3.8, 4) is 0 Å². The number of epoxide rings is 1. The third-order valence-corrected chi connectivity index (χ3v) is 5.85. The van der Waals surface area contributed by atoms with E-state index in [1.807, 2.05) is 0 Å². The van der Waals surface area contributed by atoms with Gasteiger partial charge in [0.05, 0.1) is 13.2 Å². The molecular formula is C12H17F6N3O5S2. The molecule has 8 nitrogen and oxygen atoms in total. The van der Waals surface area contributed by atoms with Crippen LogP contribution in [0.2, 0.25) is 0 Å². The maximum atomic E-state index is 11.4. The topological polar surface area (TPSA) is 104 Å². The fourth-order valence-corrected chi connectivity index (χ4v) is 3.35. The van der Waals surface area contributed by atoms with Crippen molar-refractivity contribution in [3.05, 3.63) is 22.8 Å². The van der Waals surface area contributed by atoms with Gasteiger partial charge in [0.1, 0.15) is 25.0 Å².